The standard InChI is InChI=1S/C61H39NOS/c1-3-13-44(14-4-1)61(45-15-5-2-6-16-45)55-20-10-7-17-49(55)50-34-33-48(39-56(50)61)62(46-29-23-40(24-30-46)42-27-35-58-53(37-42)51-18-8-11-21-57(51)63-58)47-31-25-41(26-32-47)43-28-36-60-54(38-43)52-19-9-12-22-59(52)64-60/h1-8,10-18,20-39,50,56H. The van der Waals surface area contributed by atoms with E-state index in [1.165, 1.54) is 48.2 Å². The summed E-state index contributed by atoms with van der Waals surface area (Å²) in [4.78, 5) is 2.44. The topological polar surface area (TPSA) is 16.4 Å². The number of allylic oxidation sites excluding steroid dienone is 3. The molecule has 64 heavy (non-hydrogen) atoms. The zero-order chi connectivity index (χ0) is 42.2. The molecule has 2 unspecified atom stereocenters. The molecule has 2 heterocycles. The van der Waals surface area contributed by atoms with Crippen LogP contribution in [0.5, 0.6) is 0 Å². The van der Waals surface area contributed by atoms with Gasteiger partial charge in [-0.2, -0.15) is 0 Å². The highest BCUT2D eigenvalue weighted by molar-refractivity contribution is 7.25. The lowest BCUT2D eigenvalue weighted by Gasteiger charge is -2.40. The van der Waals surface area contributed by atoms with Crippen LogP contribution in [0, 0.1) is 18.1 Å². The average Bonchev–Trinajstić information content (AvgIpc) is 4.03. The van der Waals surface area contributed by atoms with Gasteiger partial charge < -0.3 is 9.32 Å². The number of fused-ring (bicyclic) bond motifs is 9. The van der Waals surface area contributed by atoms with Crippen LogP contribution in [0.4, 0.5) is 11.4 Å². The van der Waals surface area contributed by atoms with Gasteiger partial charge in [0.25, 0.3) is 0 Å². The summed E-state index contributed by atoms with van der Waals surface area (Å²) in [5, 5.41) is 4.63. The third kappa shape index (κ3) is 5.66. The molecule has 0 radical (unpaired) electrons. The molecule has 0 amide bonds. The lowest BCUT2D eigenvalue weighted by Crippen LogP contribution is -2.36. The van der Waals surface area contributed by atoms with Crippen LogP contribution in [0.25, 0.3) is 64.4 Å². The van der Waals surface area contributed by atoms with Crippen molar-refractivity contribution in [1.29, 1.82) is 0 Å². The summed E-state index contributed by atoms with van der Waals surface area (Å²) >= 11 is 1.81. The van der Waals surface area contributed by atoms with Gasteiger partial charge in [-0.1, -0.05) is 164 Å². The van der Waals surface area contributed by atoms with Gasteiger partial charge in [-0.25, -0.2) is 0 Å². The van der Waals surface area contributed by atoms with Crippen molar-refractivity contribution in [2.45, 2.75) is 11.3 Å². The van der Waals surface area contributed by atoms with Crippen LogP contribution in [0.1, 0.15) is 28.2 Å². The number of nitrogens with zero attached hydrogens (tertiary/aromatic N) is 1. The Morgan fingerprint density at radius 1 is 0.516 bits per heavy atom. The SMILES string of the molecule is c1ccc2sc3ccc(-c4ccc(N(C5=CC6C(C=C5)c5ccccc5C6(c5ccccc5)c5ccccc5)c5ccc(-c6ccc7oc8ccccc8c7c6)cc5)cc4)cc3c2c#1. The Morgan fingerprint density at radius 3 is 1.86 bits per heavy atom. The molecule has 9 aromatic carbocycles. The predicted octanol–water partition coefficient (Wildman–Crippen LogP) is 16.2. The third-order valence-electron chi connectivity index (χ3n) is 13.7. The van der Waals surface area contributed by atoms with Gasteiger partial charge in [0.1, 0.15) is 11.2 Å². The van der Waals surface area contributed by atoms with Gasteiger partial charge in [-0.05, 0) is 117 Å². The van der Waals surface area contributed by atoms with Crippen LogP contribution < -0.4 is 4.90 Å². The van der Waals surface area contributed by atoms with Crippen molar-refractivity contribution in [3.8, 4) is 22.3 Å². The molecule has 0 N–H and O–H groups in total. The highest BCUT2D eigenvalue weighted by atomic mass is 32.1. The molecule has 0 aliphatic heterocycles. The quantitative estimate of drug-likeness (QED) is 0.159. The van der Waals surface area contributed by atoms with E-state index >= 15 is 0 Å². The second kappa shape index (κ2) is 14.6. The Labute approximate surface area is 376 Å². The number of thiophene rings is 1. The molecule has 2 atom stereocenters. The molecule has 2 aromatic heterocycles. The number of hydrogen-bond acceptors (Lipinski definition) is 3. The molecule has 11 aromatic rings. The lowest BCUT2D eigenvalue weighted by molar-refractivity contribution is 0.453. The Kier molecular flexibility index (Phi) is 8.38. The van der Waals surface area contributed by atoms with E-state index in [0.717, 1.165) is 55.5 Å². The van der Waals surface area contributed by atoms with E-state index in [1.54, 1.807) is 0 Å². The first-order valence-electron chi connectivity index (χ1n) is 22.0. The molecular weight excluding hydrogens is 795 g/mol. The summed E-state index contributed by atoms with van der Waals surface area (Å²) < 4.78 is 8.69. The van der Waals surface area contributed by atoms with Crippen LogP contribution >= 0.6 is 11.3 Å². The molecule has 2 aliphatic carbocycles. The van der Waals surface area contributed by atoms with Crippen LogP contribution in [0.3, 0.4) is 0 Å². The Bertz CT molecular complexity index is 3420. The highest BCUT2D eigenvalue weighted by Crippen LogP contribution is 2.60. The smallest absolute Gasteiger partial charge is 0.135 e. The van der Waals surface area contributed by atoms with E-state index in [1.807, 2.05) is 29.5 Å². The van der Waals surface area contributed by atoms with Crippen molar-refractivity contribution in [1.82, 2.24) is 0 Å². The van der Waals surface area contributed by atoms with Gasteiger partial charge in [-0.3, -0.25) is 0 Å². The van der Waals surface area contributed by atoms with E-state index in [2.05, 4.69) is 223 Å². The minimum atomic E-state index is -0.394. The molecule has 300 valence electrons. The number of para-hydroxylation sites is 1. The fourth-order valence-electron chi connectivity index (χ4n) is 10.8. The van der Waals surface area contributed by atoms with Crippen LogP contribution in [-0.2, 0) is 5.41 Å². The van der Waals surface area contributed by atoms with Gasteiger partial charge in [0.05, 0.1) is 10.8 Å². The van der Waals surface area contributed by atoms with Gasteiger partial charge in [0.15, 0.2) is 0 Å². The molecule has 0 saturated heterocycles. The summed E-state index contributed by atoms with van der Waals surface area (Å²) in [6.07, 6.45) is 7.38. The zero-order valence-electron chi connectivity index (χ0n) is 34.8. The number of rotatable bonds is 7. The molecule has 0 spiro atoms. The largest absolute Gasteiger partial charge is 0.456 e. The van der Waals surface area contributed by atoms with E-state index in [0.29, 0.717) is 0 Å². The molecular formula is C61H39NOS. The van der Waals surface area contributed by atoms with E-state index < -0.39 is 5.41 Å². The van der Waals surface area contributed by atoms with Crippen molar-refractivity contribution in [2.75, 3.05) is 4.90 Å². The molecule has 13 rings (SSSR count). The Balaban J connectivity index is 0.954. The highest BCUT2D eigenvalue weighted by Gasteiger charge is 2.53. The number of anilines is 2. The maximum Gasteiger partial charge on any atom is 0.135 e. The summed E-state index contributed by atoms with van der Waals surface area (Å²) in [5.74, 6) is 0.326. The Morgan fingerprint density at radius 2 is 1.12 bits per heavy atom. The van der Waals surface area contributed by atoms with Gasteiger partial charge in [0, 0.05) is 54.5 Å². The monoisotopic (exact) mass is 833 g/mol. The molecule has 2 nitrogen and oxygen atoms in total. The average molecular weight is 834 g/mol. The van der Waals surface area contributed by atoms with E-state index in [-0.39, 0.29) is 11.8 Å². The first kappa shape index (κ1) is 36.7. The van der Waals surface area contributed by atoms with Crippen molar-refractivity contribution in [2.24, 2.45) is 5.92 Å². The maximum absolute atomic E-state index is 6.18. The van der Waals surface area contributed by atoms with Crippen LogP contribution in [0.2, 0.25) is 0 Å². The van der Waals surface area contributed by atoms with E-state index in [4.69, 9.17) is 4.42 Å². The molecule has 0 bridgehead atoms. The minimum Gasteiger partial charge on any atom is -0.456 e. The molecule has 0 saturated carbocycles. The summed E-state index contributed by atoms with van der Waals surface area (Å²) in [7, 11) is 0. The minimum absolute atomic E-state index is 0.119. The second-order valence-corrected chi connectivity index (χ2v) is 18.1. The number of hydrogen-bond donors (Lipinski definition) is 0. The predicted molar refractivity (Wildman–Crippen MR) is 266 cm³/mol. The van der Waals surface area contributed by atoms with Gasteiger partial charge >= 0.3 is 0 Å². The second-order valence-electron chi connectivity index (χ2n) is 17.0. The van der Waals surface area contributed by atoms with Crippen molar-refractivity contribution < 1.29 is 4.42 Å². The van der Waals surface area contributed by atoms with Crippen LogP contribution in [0.15, 0.2) is 235 Å². The number of furan rings is 1. The fraction of sp³-hybridized carbons (Fsp3) is 0.0492. The maximum atomic E-state index is 6.18. The summed E-state index contributed by atoms with van der Waals surface area (Å²) in [5.41, 5.74) is 14.8. The van der Waals surface area contributed by atoms with Gasteiger partial charge in [0.2, 0.25) is 0 Å². The van der Waals surface area contributed by atoms with Crippen molar-refractivity contribution in [3.05, 3.63) is 265 Å². The summed E-state index contributed by atoms with van der Waals surface area (Å²) in [6.45, 7) is 0. The van der Waals surface area contributed by atoms with Crippen LogP contribution in [-0.4, -0.2) is 0 Å². The van der Waals surface area contributed by atoms with Crippen molar-refractivity contribution >= 4 is 64.8 Å². The normalized spacial score (nSPS) is 16.2. The first-order valence-corrected chi connectivity index (χ1v) is 22.8. The Hall–Kier alpha value is -7.90. The lowest BCUT2D eigenvalue weighted by atomic mass is 9.63. The summed E-state index contributed by atoms with van der Waals surface area (Å²) in [6, 6.07) is 81.8. The first-order chi connectivity index (χ1) is 31.7. The third-order valence-corrected chi connectivity index (χ3v) is 14.8. The number of benzene rings is 8. The fourth-order valence-corrected chi connectivity index (χ4v) is 11.9. The molecule has 2 aliphatic rings. The molecule has 0 fully saturated rings. The van der Waals surface area contributed by atoms with E-state index in [9.17, 15) is 0 Å². The molecule has 3 heteroatoms. The van der Waals surface area contributed by atoms with Crippen molar-refractivity contribution in [3.63, 3.8) is 0 Å². The zero-order valence-corrected chi connectivity index (χ0v) is 35.6. The van der Waals surface area contributed by atoms with Gasteiger partial charge in [-0.15, -0.1) is 11.3 Å².